The zero-order valence-electron chi connectivity index (χ0n) is 11.3. The van der Waals surface area contributed by atoms with Gasteiger partial charge in [-0.1, -0.05) is 13.0 Å². The second kappa shape index (κ2) is 5.31. The van der Waals surface area contributed by atoms with Crippen molar-refractivity contribution in [3.63, 3.8) is 0 Å². The monoisotopic (exact) mass is 300 g/mol. The SMILES string of the molecule is CCc1cc(C(=O)c2ccc(C(F)(F)F)c(F)c2)n(C)n1. The first kappa shape index (κ1) is 15.2. The number of alkyl halides is 3. The molecule has 0 amide bonds. The van der Waals surface area contributed by atoms with Crippen molar-refractivity contribution in [3.05, 3.63) is 52.6 Å². The molecule has 0 unspecified atom stereocenters. The molecule has 112 valence electrons. The molecule has 0 saturated heterocycles. The number of aromatic nitrogens is 2. The summed E-state index contributed by atoms with van der Waals surface area (Å²) in [6.07, 6.45) is -4.17. The van der Waals surface area contributed by atoms with E-state index >= 15 is 0 Å². The molecule has 0 aliphatic heterocycles. The molecule has 0 bridgehead atoms. The van der Waals surface area contributed by atoms with Crippen LogP contribution in [0.2, 0.25) is 0 Å². The lowest BCUT2D eigenvalue weighted by molar-refractivity contribution is -0.140. The molecule has 7 heteroatoms. The molecule has 0 N–H and O–H groups in total. The van der Waals surface area contributed by atoms with Crippen molar-refractivity contribution in [1.82, 2.24) is 9.78 Å². The van der Waals surface area contributed by atoms with Gasteiger partial charge in [0, 0.05) is 12.6 Å². The van der Waals surface area contributed by atoms with E-state index in [1.165, 1.54) is 10.7 Å². The van der Waals surface area contributed by atoms with Crippen LogP contribution in [0.15, 0.2) is 24.3 Å². The van der Waals surface area contributed by atoms with Gasteiger partial charge in [0.05, 0.1) is 11.3 Å². The minimum absolute atomic E-state index is 0.147. The van der Waals surface area contributed by atoms with E-state index in [1.807, 2.05) is 6.92 Å². The Bertz CT molecular complexity index is 689. The molecule has 0 aliphatic rings. The molecule has 0 spiro atoms. The van der Waals surface area contributed by atoms with Crippen molar-refractivity contribution in [2.75, 3.05) is 0 Å². The van der Waals surface area contributed by atoms with E-state index in [0.717, 1.165) is 6.07 Å². The number of carbonyl (C=O) groups is 1. The molecule has 0 aliphatic carbocycles. The molecule has 0 saturated carbocycles. The van der Waals surface area contributed by atoms with Gasteiger partial charge in [-0.2, -0.15) is 18.3 Å². The highest BCUT2D eigenvalue weighted by atomic mass is 19.4. The van der Waals surface area contributed by atoms with E-state index in [4.69, 9.17) is 0 Å². The van der Waals surface area contributed by atoms with Gasteiger partial charge in [0.2, 0.25) is 5.78 Å². The van der Waals surface area contributed by atoms with Crippen LogP contribution >= 0.6 is 0 Å². The van der Waals surface area contributed by atoms with Crippen LogP contribution in [0, 0.1) is 5.82 Å². The number of hydrogen-bond acceptors (Lipinski definition) is 2. The number of carbonyl (C=O) groups excluding carboxylic acids is 1. The summed E-state index contributed by atoms with van der Waals surface area (Å²) in [5.41, 5.74) is -0.663. The maximum absolute atomic E-state index is 13.5. The summed E-state index contributed by atoms with van der Waals surface area (Å²) in [7, 11) is 1.55. The Labute approximate surface area is 118 Å². The molecule has 1 heterocycles. The third kappa shape index (κ3) is 2.96. The summed E-state index contributed by atoms with van der Waals surface area (Å²) in [6.45, 7) is 1.86. The maximum Gasteiger partial charge on any atom is 0.419 e. The number of nitrogens with zero attached hydrogens (tertiary/aromatic N) is 2. The number of rotatable bonds is 3. The van der Waals surface area contributed by atoms with Gasteiger partial charge in [-0.25, -0.2) is 4.39 Å². The quantitative estimate of drug-likeness (QED) is 0.643. The Hall–Kier alpha value is -2.18. The van der Waals surface area contributed by atoms with Crippen LogP contribution in [-0.2, 0) is 19.6 Å². The van der Waals surface area contributed by atoms with E-state index in [0.29, 0.717) is 24.2 Å². The zero-order chi connectivity index (χ0) is 15.8. The molecule has 0 radical (unpaired) electrons. The Kier molecular flexibility index (Phi) is 3.85. The molecule has 1 aromatic carbocycles. The van der Waals surface area contributed by atoms with E-state index in [9.17, 15) is 22.4 Å². The summed E-state index contributed by atoms with van der Waals surface area (Å²) >= 11 is 0. The number of hydrogen-bond donors (Lipinski definition) is 0. The fourth-order valence-corrected chi connectivity index (χ4v) is 1.95. The fraction of sp³-hybridized carbons (Fsp3) is 0.286. The third-order valence-corrected chi connectivity index (χ3v) is 3.06. The normalized spacial score (nSPS) is 11.7. The molecule has 1 aromatic heterocycles. The van der Waals surface area contributed by atoms with Crippen molar-refractivity contribution >= 4 is 5.78 Å². The molecule has 2 rings (SSSR count). The predicted molar refractivity (Wildman–Crippen MR) is 67.4 cm³/mol. The number of halogens is 4. The Morgan fingerprint density at radius 3 is 2.43 bits per heavy atom. The van der Waals surface area contributed by atoms with Crippen LogP contribution in [0.5, 0.6) is 0 Å². The van der Waals surface area contributed by atoms with Gasteiger partial charge in [-0.3, -0.25) is 9.48 Å². The number of aryl methyl sites for hydroxylation is 2. The van der Waals surface area contributed by atoms with Gasteiger partial charge >= 0.3 is 6.18 Å². The second-order valence-corrected chi connectivity index (χ2v) is 4.52. The minimum Gasteiger partial charge on any atom is -0.287 e. The summed E-state index contributed by atoms with van der Waals surface area (Å²) in [6, 6.07) is 3.67. The highest BCUT2D eigenvalue weighted by Crippen LogP contribution is 2.31. The lowest BCUT2D eigenvalue weighted by Gasteiger charge is -2.09. The predicted octanol–water partition coefficient (Wildman–Crippen LogP) is 3.37. The molecule has 2 aromatic rings. The fourth-order valence-electron chi connectivity index (χ4n) is 1.95. The first-order chi connectivity index (χ1) is 9.74. The number of benzene rings is 1. The molecule has 21 heavy (non-hydrogen) atoms. The van der Waals surface area contributed by atoms with Crippen LogP contribution in [0.1, 0.15) is 34.2 Å². The second-order valence-electron chi connectivity index (χ2n) is 4.52. The van der Waals surface area contributed by atoms with Crippen molar-refractivity contribution in [3.8, 4) is 0 Å². The van der Waals surface area contributed by atoms with Crippen molar-refractivity contribution in [2.45, 2.75) is 19.5 Å². The standard InChI is InChI=1S/C14H12F4N2O/c1-3-9-7-12(20(2)19-9)13(21)8-4-5-10(11(15)6-8)14(16,17)18/h4-7H,3H2,1-2H3. The van der Waals surface area contributed by atoms with E-state index in [1.54, 1.807) is 7.05 Å². The zero-order valence-corrected chi connectivity index (χ0v) is 11.3. The largest absolute Gasteiger partial charge is 0.419 e. The summed E-state index contributed by atoms with van der Waals surface area (Å²) in [4.78, 5) is 12.2. The van der Waals surface area contributed by atoms with Gasteiger partial charge < -0.3 is 0 Å². The highest BCUT2D eigenvalue weighted by molar-refractivity contribution is 6.08. The van der Waals surface area contributed by atoms with E-state index in [-0.39, 0.29) is 11.3 Å². The summed E-state index contributed by atoms with van der Waals surface area (Å²) in [5.74, 6) is -2.04. The van der Waals surface area contributed by atoms with Crippen LogP contribution in [-0.4, -0.2) is 15.6 Å². The van der Waals surface area contributed by atoms with Gasteiger partial charge in [0.25, 0.3) is 0 Å². The first-order valence-corrected chi connectivity index (χ1v) is 6.18. The van der Waals surface area contributed by atoms with E-state index in [2.05, 4.69) is 5.10 Å². The lowest BCUT2D eigenvalue weighted by Crippen LogP contribution is -2.12. The highest BCUT2D eigenvalue weighted by Gasteiger charge is 2.34. The van der Waals surface area contributed by atoms with Crippen molar-refractivity contribution in [1.29, 1.82) is 0 Å². The third-order valence-electron chi connectivity index (χ3n) is 3.06. The molecular weight excluding hydrogens is 288 g/mol. The minimum atomic E-state index is -4.78. The average molecular weight is 300 g/mol. The van der Waals surface area contributed by atoms with Crippen LogP contribution in [0.3, 0.4) is 0 Å². The molecule has 3 nitrogen and oxygen atoms in total. The Morgan fingerprint density at radius 2 is 1.95 bits per heavy atom. The molecule has 0 atom stereocenters. The van der Waals surface area contributed by atoms with Crippen LogP contribution < -0.4 is 0 Å². The summed E-state index contributed by atoms with van der Waals surface area (Å²) < 4.78 is 52.3. The van der Waals surface area contributed by atoms with Crippen LogP contribution in [0.25, 0.3) is 0 Å². The maximum atomic E-state index is 13.5. The molecule has 0 fully saturated rings. The van der Waals surface area contributed by atoms with Crippen molar-refractivity contribution < 1.29 is 22.4 Å². The first-order valence-electron chi connectivity index (χ1n) is 6.18. The van der Waals surface area contributed by atoms with Gasteiger partial charge in [-0.05, 0) is 24.6 Å². The number of ketones is 1. The van der Waals surface area contributed by atoms with Gasteiger partial charge in [0.1, 0.15) is 11.5 Å². The Balaban J connectivity index is 2.40. The van der Waals surface area contributed by atoms with Crippen LogP contribution in [0.4, 0.5) is 17.6 Å². The Morgan fingerprint density at radius 1 is 1.29 bits per heavy atom. The van der Waals surface area contributed by atoms with Gasteiger partial charge in [-0.15, -0.1) is 0 Å². The lowest BCUT2D eigenvalue weighted by atomic mass is 10.0. The summed E-state index contributed by atoms with van der Waals surface area (Å²) in [5, 5.41) is 4.08. The topological polar surface area (TPSA) is 34.9 Å². The molecular formula is C14H12F4N2O. The van der Waals surface area contributed by atoms with Gasteiger partial charge in [0.15, 0.2) is 0 Å². The van der Waals surface area contributed by atoms with Crippen molar-refractivity contribution in [2.24, 2.45) is 7.05 Å². The smallest absolute Gasteiger partial charge is 0.287 e. The average Bonchev–Trinajstić information content (AvgIpc) is 2.77. The van der Waals surface area contributed by atoms with E-state index < -0.39 is 23.3 Å².